The van der Waals surface area contributed by atoms with Crippen molar-refractivity contribution >= 4 is 22.9 Å². The predicted molar refractivity (Wildman–Crippen MR) is 93.3 cm³/mol. The Bertz CT molecular complexity index is 550. The van der Waals surface area contributed by atoms with Crippen LogP contribution in [0.3, 0.4) is 0 Å². The monoisotopic (exact) mass is 322 g/mol. The summed E-state index contributed by atoms with van der Waals surface area (Å²) in [5.74, 6) is 0. The van der Waals surface area contributed by atoms with Crippen molar-refractivity contribution in [3.05, 3.63) is 56.7 Å². The third-order valence-electron chi connectivity index (χ3n) is 3.91. The topological polar surface area (TPSA) is 15.3 Å². The third kappa shape index (κ3) is 4.82. The first-order valence-electron chi connectivity index (χ1n) is 7.27. The van der Waals surface area contributed by atoms with Gasteiger partial charge in [-0.2, -0.15) is 0 Å². The summed E-state index contributed by atoms with van der Waals surface area (Å²) in [4.78, 5) is 3.79. The molecule has 0 bridgehead atoms. The molecular weight excluding hydrogens is 300 g/mol. The molecule has 2 rings (SSSR count). The number of thiophene rings is 1. The van der Waals surface area contributed by atoms with Gasteiger partial charge in [0.15, 0.2) is 0 Å². The predicted octanol–water partition coefficient (Wildman–Crippen LogP) is 4.49. The molecule has 1 aromatic heterocycles. The average molecular weight is 323 g/mol. The van der Waals surface area contributed by atoms with Crippen LogP contribution in [0.4, 0.5) is 0 Å². The highest BCUT2D eigenvalue weighted by molar-refractivity contribution is 7.10. The van der Waals surface area contributed by atoms with Crippen molar-refractivity contribution < 1.29 is 0 Å². The summed E-state index contributed by atoms with van der Waals surface area (Å²) in [6.07, 6.45) is 0. The molecule has 0 spiro atoms. The number of hydrogen-bond acceptors (Lipinski definition) is 3. The van der Waals surface area contributed by atoms with E-state index >= 15 is 0 Å². The van der Waals surface area contributed by atoms with Crippen LogP contribution in [0.1, 0.15) is 29.0 Å². The fourth-order valence-electron chi connectivity index (χ4n) is 2.23. The third-order valence-corrected chi connectivity index (χ3v) is 5.18. The lowest BCUT2D eigenvalue weighted by atomic mass is 10.1. The average Bonchev–Trinajstić information content (AvgIpc) is 2.89. The molecular formula is C17H23ClN2S. The number of aryl methyl sites for hydroxylation is 1. The van der Waals surface area contributed by atoms with E-state index in [1.54, 1.807) is 0 Å². The summed E-state index contributed by atoms with van der Waals surface area (Å²) < 4.78 is 0. The van der Waals surface area contributed by atoms with Gasteiger partial charge in [-0.1, -0.05) is 23.7 Å². The molecule has 4 heteroatoms. The highest BCUT2D eigenvalue weighted by Gasteiger charge is 2.11. The van der Waals surface area contributed by atoms with E-state index in [0.29, 0.717) is 6.04 Å². The molecule has 1 heterocycles. The fourth-order valence-corrected chi connectivity index (χ4v) is 3.23. The Labute approximate surface area is 136 Å². The van der Waals surface area contributed by atoms with Crippen LogP contribution in [0.15, 0.2) is 35.7 Å². The summed E-state index contributed by atoms with van der Waals surface area (Å²) in [6, 6.07) is 10.7. The number of hydrogen-bond donors (Lipinski definition) is 1. The quantitative estimate of drug-likeness (QED) is 0.755. The minimum absolute atomic E-state index is 0.396. The van der Waals surface area contributed by atoms with Crippen molar-refractivity contribution in [3.63, 3.8) is 0 Å². The highest BCUT2D eigenvalue weighted by atomic mass is 35.5. The Kier molecular flexibility index (Phi) is 6.24. The molecule has 0 aliphatic rings. The van der Waals surface area contributed by atoms with Crippen LogP contribution in [0, 0.1) is 6.92 Å². The molecule has 0 fully saturated rings. The Balaban J connectivity index is 1.75. The summed E-state index contributed by atoms with van der Waals surface area (Å²) in [6.45, 7) is 7.38. The number of likely N-dealkylation sites (N-methyl/N-ethyl adjacent to an activating group) is 1. The normalized spacial score (nSPS) is 12.8. The number of rotatable bonds is 7. The maximum atomic E-state index is 5.94. The van der Waals surface area contributed by atoms with Gasteiger partial charge in [0.25, 0.3) is 0 Å². The summed E-state index contributed by atoms with van der Waals surface area (Å²) in [5, 5.41) is 6.47. The summed E-state index contributed by atoms with van der Waals surface area (Å²) >= 11 is 7.76. The lowest BCUT2D eigenvalue weighted by Gasteiger charge is -2.25. The van der Waals surface area contributed by atoms with Gasteiger partial charge in [0.2, 0.25) is 0 Å². The smallest absolute Gasteiger partial charge is 0.0406 e. The molecule has 1 N–H and O–H groups in total. The van der Waals surface area contributed by atoms with Crippen molar-refractivity contribution in [1.29, 1.82) is 0 Å². The lowest BCUT2D eigenvalue weighted by Crippen LogP contribution is -2.31. The number of benzene rings is 1. The minimum Gasteiger partial charge on any atom is -0.311 e. The van der Waals surface area contributed by atoms with E-state index in [0.717, 1.165) is 24.7 Å². The zero-order valence-electron chi connectivity index (χ0n) is 12.9. The van der Waals surface area contributed by atoms with E-state index in [-0.39, 0.29) is 0 Å². The summed E-state index contributed by atoms with van der Waals surface area (Å²) in [5.41, 5.74) is 2.69. The van der Waals surface area contributed by atoms with Gasteiger partial charge in [0.05, 0.1) is 0 Å². The second-order valence-corrected chi connectivity index (χ2v) is 6.85. The maximum absolute atomic E-state index is 5.94. The fraction of sp³-hybridized carbons (Fsp3) is 0.412. The zero-order chi connectivity index (χ0) is 15.2. The van der Waals surface area contributed by atoms with E-state index in [1.807, 2.05) is 23.5 Å². The van der Waals surface area contributed by atoms with E-state index in [4.69, 9.17) is 11.6 Å². The van der Waals surface area contributed by atoms with Crippen molar-refractivity contribution in [2.24, 2.45) is 0 Å². The van der Waals surface area contributed by atoms with Crippen LogP contribution < -0.4 is 5.32 Å². The Morgan fingerprint density at radius 1 is 1.24 bits per heavy atom. The van der Waals surface area contributed by atoms with Gasteiger partial charge in [-0.3, -0.25) is 4.90 Å². The number of nitrogens with one attached hydrogen (secondary N) is 1. The number of nitrogens with zero attached hydrogens (tertiary/aromatic N) is 1. The van der Waals surface area contributed by atoms with Gasteiger partial charge in [-0.25, -0.2) is 0 Å². The molecule has 0 amide bonds. The first kappa shape index (κ1) is 16.5. The molecule has 21 heavy (non-hydrogen) atoms. The van der Waals surface area contributed by atoms with Gasteiger partial charge < -0.3 is 5.32 Å². The van der Waals surface area contributed by atoms with Crippen molar-refractivity contribution in [2.45, 2.75) is 26.4 Å². The molecule has 0 aliphatic carbocycles. The van der Waals surface area contributed by atoms with Gasteiger partial charge in [0.1, 0.15) is 0 Å². The summed E-state index contributed by atoms with van der Waals surface area (Å²) in [7, 11) is 2.16. The number of halogens is 1. The van der Waals surface area contributed by atoms with E-state index in [2.05, 4.69) is 54.7 Å². The van der Waals surface area contributed by atoms with Crippen LogP contribution >= 0.6 is 22.9 Å². The lowest BCUT2D eigenvalue weighted by molar-refractivity contribution is 0.261. The molecule has 0 saturated heterocycles. The van der Waals surface area contributed by atoms with Crippen LogP contribution in [0.25, 0.3) is 0 Å². The van der Waals surface area contributed by atoms with Crippen LogP contribution in [-0.2, 0) is 6.54 Å². The second kappa shape index (κ2) is 7.95. The molecule has 1 aromatic carbocycles. The molecule has 1 atom stereocenters. The van der Waals surface area contributed by atoms with Crippen molar-refractivity contribution in [1.82, 2.24) is 10.2 Å². The molecule has 2 nitrogen and oxygen atoms in total. The van der Waals surface area contributed by atoms with Crippen LogP contribution in [-0.4, -0.2) is 25.0 Å². The highest BCUT2D eigenvalue weighted by Crippen LogP contribution is 2.20. The maximum Gasteiger partial charge on any atom is 0.0406 e. The molecule has 2 aromatic rings. The van der Waals surface area contributed by atoms with Crippen molar-refractivity contribution in [3.8, 4) is 0 Å². The first-order valence-corrected chi connectivity index (χ1v) is 8.53. The van der Waals surface area contributed by atoms with Crippen LogP contribution in [0.2, 0.25) is 5.02 Å². The van der Waals surface area contributed by atoms with Gasteiger partial charge in [-0.05, 0) is 55.6 Å². The second-order valence-electron chi connectivity index (χ2n) is 5.41. The molecule has 1 unspecified atom stereocenters. The standard InChI is InChI=1S/C17H23ClN2S/c1-13-8-11-21-17(13)12-19-9-10-20(3)14(2)15-4-6-16(18)7-5-15/h4-8,11,14,19H,9-10,12H2,1-3H3. The van der Waals surface area contributed by atoms with Gasteiger partial charge >= 0.3 is 0 Å². The van der Waals surface area contributed by atoms with Gasteiger partial charge in [-0.15, -0.1) is 11.3 Å². The van der Waals surface area contributed by atoms with E-state index in [9.17, 15) is 0 Å². The van der Waals surface area contributed by atoms with Gasteiger partial charge in [0, 0.05) is 35.6 Å². The Morgan fingerprint density at radius 2 is 1.95 bits per heavy atom. The van der Waals surface area contributed by atoms with Crippen LogP contribution in [0.5, 0.6) is 0 Å². The SMILES string of the molecule is Cc1ccsc1CNCCN(C)C(C)c1ccc(Cl)cc1. The molecule has 0 radical (unpaired) electrons. The van der Waals surface area contributed by atoms with E-state index < -0.39 is 0 Å². The Hall–Kier alpha value is -0.870. The van der Waals surface area contributed by atoms with Crippen molar-refractivity contribution in [2.75, 3.05) is 20.1 Å². The molecule has 114 valence electrons. The van der Waals surface area contributed by atoms with E-state index in [1.165, 1.54) is 16.0 Å². The Morgan fingerprint density at radius 3 is 2.57 bits per heavy atom. The molecule has 0 saturated carbocycles. The zero-order valence-corrected chi connectivity index (χ0v) is 14.5. The largest absolute Gasteiger partial charge is 0.311 e. The molecule has 0 aliphatic heterocycles. The first-order chi connectivity index (χ1) is 10.1. The minimum atomic E-state index is 0.396.